The molecule has 104 valence electrons. The summed E-state index contributed by atoms with van der Waals surface area (Å²) in [6, 6.07) is 6.86. The van der Waals surface area contributed by atoms with E-state index < -0.39 is 11.7 Å². The highest BCUT2D eigenvalue weighted by Gasteiger charge is 2.31. The number of nitrogens with two attached hydrogens (primary N) is 1. The summed E-state index contributed by atoms with van der Waals surface area (Å²) in [5.41, 5.74) is 5.76. The van der Waals surface area contributed by atoms with Crippen molar-refractivity contribution in [2.24, 2.45) is 0 Å². The summed E-state index contributed by atoms with van der Waals surface area (Å²) in [6.45, 7) is 0.320. The quantitative estimate of drug-likeness (QED) is 0.784. The van der Waals surface area contributed by atoms with E-state index in [1.807, 2.05) is 0 Å². The highest BCUT2D eigenvalue weighted by molar-refractivity contribution is 5.79. The number of furan rings is 1. The topological polar surface area (TPSA) is 57.0 Å². The van der Waals surface area contributed by atoms with Crippen molar-refractivity contribution in [3.8, 4) is 0 Å². The number of anilines is 1. The first-order valence-corrected chi connectivity index (χ1v) is 5.80. The lowest BCUT2D eigenvalue weighted by Gasteiger charge is -2.07. The number of rotatable bonds is 2. The molecule has 0 saturated heterocycles. The molecule has 7 heteroatoms. The average molecular weight is 281 g/mol. The van der Waals surface area contributed by atoms with Gasteiger partial charge in [-0.25, -0.2) is 4.98 Å². The van der Waals surface area contributed by atoms with E-state index in [2.05, 4.69) is 4.98 Å². The first kappa shape index (κ1) is 12.6. The molecule has 0 bridgehead atoms. The minimum atomic E-state index is -4.40. The zero-order valence-electron chi connectivity index (χ0n) is 10.2. The van der Waals surface area contributed by atoms with Gasteiger partial charge >= 0.3 is 6.18 Å². The van der Waals surface area contributed by atoms with Crippen molar-refractivity contribution in [1.82, 2.24) is 9.55 Å². The van der Waals surface area contributed by atoms with Crippen LogP contribution >= 0.6 is 0 Å². The number of hydrogen-bond acceptors (Lipinski definition) is 3. The van der Waals surface area contributed by atoms with Crippen LogP contribution in [0, 0.1) is 0 Å². The summed E-state index contributed by atoms with van der Waals surface area (Å²) in [5.74, 6) is 0.798. The molecule has 0 atom stereocenters. The van der Waals surface area contributed by atoms with E-state index in [1.54, 1.807) is 16.7 Å². The first-order chi connectivity index (χ1) is 9.45. The van der Waals surface area contributed by atoms with Crippen LogP contribution in [0.2, 0.25) is 0 Å². The summed E-state index contributed by atoms with van der Waals surface area (Å²) >= 11 is 0. The number of nitrogens with zero attached hydrogens (tertiary/aromatic N) is 2. The van der Waals surface area contributed by atoms with Crippen LogP contribution in [0.4, 0.5) is 19.1 Å². The summed E-state index contributed by atoms with van der Waals surface area (Å²) in [4.78, 5) is 3.97. The van der Waals surface area contributed by atoms with Crippen LogP contribution in [0.1, 0.15) is 11.3 Å². The molecule has 0 aliphatic rings. The Kier molecular flexibility index (Phi) is 2.70. The van der Waals surface area contributed by atoms with Crippen molar-refractivity contribution in [2.75, 3.05) is 5.73 Å². The van der Waals surface area contributed by atoms with Crippen LogP contribution in [0.5, 0.6) is 0 Å². The number of imidazole rings is 1. The molecule has 0 fully saturated rings. The highest BCUT2D eigenvalue weighted by Crippen LogP contribution is 2.32. The van der Waals surface area contributed by atoms with Gasteiger partial charge in [-0.15, -0.1) is 0 Å². The van der Waals surface area contributed by atoms with E-state index in [0.717, 1.165) is 12.1 Å². The minimum absolute atomic E-state index is 0.149. The van der Waals surface area contributed by atoms with Gasteiger partial charge in [0.1, 0.15) is 5.76 Å². The van der Waals surface area contributed by atoms with E-state index in [0.29, 0.717) is 17.8 Å². The van der Waals surface area contributed by atoms with Gasteiger partial charge in [0.25, 0.3) is 0 Å². The van der Waals surface area contributed by atoms with Gasteiger partial charge in [-0.1, -0.05) is 0 Å². The molecule has 1 aromatic carbocycles. The standard InChI is InChI=1S/C13H10F3N3O/c14-13(15,16)8-3-4-11-10(6-8)18-12(17)19(11)7-9-2-1-5-20-9/h1-6H,7H2,(H2,17,18). The van der Waals surface area contributed by atoms with E-state index >= 15 is 0 Å². The van der Waals surface area contributed by atoms with Crippen LogP contribution in [0.3, 0.4) is 0 Å². The fourth-order valence-electron chi connectivity index (χ4n) is 2.05. The second kappa shape index (κ2) is 4.29. The Balaban J connectivity index is 2.08. The lowest BCUT2D eigenvalue weighted by atomic mass is 10.2. The van der Waals surface area contributed by atoms with Crippen LogP contribution in [-0.4, -0.2) is 9.55 Å². The average Bonchev–Trinajstić information content (AvgIpc) is 2.97. The molecule has 0 saturated carbocycles. The number of halogens is 3. The SMILES string of the molecule is Nc1nc2cc(C(F)(F)F)ccc2n1Cc1ccco1. The summed E-state index contributed by atoms with van der Waals surface area (Å²) in [6.07, 6.45) is -2.87. The summed E-state index contributed by atoms with van der Waals surface area (Å²) < 4.78 is 44.8. The maximum atomic E-state index is 12.6. The maximum absolute atomic E-state index is 12.6. The first-order valence-electron chi connectivity index (χ1n) is 5.80. The molecular formula is C13H10F3N3O. The van der Waals surface area contributed by atoms with Crippen molar-refractivity contribution in [1.29, 1.82) is 0 Å². The highest BCUT2D eigenvalue weighted by atomic mass is 19.4. The summed E-state index contributed by atoms with van der Waals surface area (Å²) in [5, 5.41) is 0. The zero-order valence-corrected chi connectivity index (χ0v) is 10.2. The maximum Gasteiger partial charge on any atom is 0.416 e. The predicted molar refractivity (Wildman–Crippen MR) is 67.0 cm³/mol. The monoisotopic (exact) mass is 281 g/mol. The molecule has 2 N–H and O–H groups in total. The van der Waals surface area contributed by atoms with Crippen LogP contribution in [-0.2, 0) is 12.7 Å². The molecule has 3 aromatic rings. The molecule has 4 nitrogen and oxygen atoms in total. The fourth-order valence-corrected chi connectivity index (χ4v) is 2.05. The smallest absolute Gasteiger partial charge is 0.416 e. The van der Waals surface area contributed by atoms with Crippen molar-refractivity contribution < 1.29 is 17.6 Å². The van der Waals surface area contributed by atoms with Gasteiger partial charge in [-0.2, -0.15) is 13.2 Å². The van der Waals surface area contributed by atoms with Gasteiger partial charge < -0.3 is 14.7 Å². The molecule has 0 aliphatic carbocycles. The van der Waals surface area contributed by atoms with Crippen molar-refractivity contribution in [2.45, 2.75) is 12.7 Å². The van der Waals surface area contributed by atoms with E-state index in [-0.39, 0.29) is 11.5 Å². The molecule has 0 radical (unpaired) electrons. The Labute approximate surface area is 111 Å². The largest absolute Gasteiger partial charge is 0.467 e. The second-order valence-corrected chi connectivity index (χ2v) is 4.34. The molecule has 0 spiro atoms. The number of hydrogen-bond donors (Lipinski definition) is 1. The lowest BCUT2D eigenvalue weighted by molar-refractivity contribution is -0.137. The molecule has 20 heavy (non-hydrogen) atoms. The third kappa shape index (κ3) is 2.11. The van der Waals surface area contributed by atoms with Gasteiger partial charge in [-0.05, 0) is 30.3 Å². The second-order valence-electron chi connectivity index (χ2n) is 4.34. The number of aromatic nitrogens is 2. The molecule has 0 amide bonds. The Morgan fingerprint density at radius 2 is 2.05 bits per heavy atom. The van der Waals surface area contributed by atoms with Gasteiger partial charge in [-0.3, -0.25) is 0 Å². The van der Waals surface area contributed by atoms with E-state index in [9.17, 15) is 13.2 Å². The molecule has 3 rings (SSSR count). The summed E-state index contributed by atoms with van der Waals surface area (Å²) in [7, 11) is 0. The molecule has 0 aliphatic heterocycles. The van der Waals surface area contributed by atoms with Crippen LogP contribution in [0.15, 0.2) is 41.0 Å². The number of nitrogen functional groups attached to an aromatic ring is 1. The Bertz CT molecular complexity index is 744. The number of alkyl halides is 3. The van der Waals surface area contributed by atoms with Crippen LogP contribution in [0.25, 0.3) is 11.0 Å². The van der Waals surface area contributed by atoms with Gasteiger partial charge in [0.15, 0.2) is 0 Å². The normalized spacial score (nSPS) is 12.2. The van der Waals surface area contributed by atoms with Gasteiger partial charge in [0.05, 0.1) is 29.4 Å². The van der Waals surface area contributed by atoms with Crippen molar-refractivity contribution in [3.05, 3.63) is 47.9 Å². The lowest BCUT2D eigenvalue weighted by Crippen LogP contribution is -2.05. The van der Waals surface area contributed by atoms with E-state index in [1.165, 1.54) is 12.3 Å². The number of fused-ring (bicyclic) bond motifs is 1. The Morgan fingerprint density at radius 1 is 1.25 bits per heavy atom. The van der Waals surface area contributed by atoms with E-state index in [4.69, 9.17) is 10.2 Å². The van der Waals surface area contributed by atoms with Crippen molar-refractivity contribution >= 4 is 17.0 Å². The fraction of sp³-hybridized carbons (Fsp3) is 0.154. The minimum Gasteiger partial charge on any atom is -0.467 e. The Hall–Kier alpha value is -2.44. The van der Waals surface area contributed by atoms with Crippen LogP contribution < -0.4 is 5.73 Å². The number of benzene rings is 1. The molecular weight excluding hydrogens is 271 g/mol. The Morgan fingerprint density at radius 3 is 2.70 bits per heavy atom. The predicted octanol–water partition coefficient (Wildman–Crippen LogP) is 3.28. The molecule has 2 aromatic heterocycles. The third-order valence-electron chi connectivity index (χ3n) is 3.00. The molecule has 0 unspecified atom stereocenters. The zero-order chi connectivity index (χ0) is 14.3. The van der Waals surface area contributed by atoms with Crippen molar-refractivity contribution in [3.63, 3.8) is 0 Å². The van der Waals surface area contributed by atoms with Gasteiger partial charge in [0.2, 0.25) is 5.95 Å². The molecule has 2 heterocycles. The third-order valence-corrected chi connectivity index (χ3v) is 3.00. The van der Waals surface area contributed by atoms with Gasteiger partial charge in [0, 0.05) is 0 Å².